The summed E-state index contributed by atoms with van der Waals surface area (Å²) in [6.07, 6.45) is 7.87. The van der Waals surface area contributed by atoms with Gasteiger partial charge in [-0.15, -0.1) is 0 Å². The van der Waals surface area contributed by atoms with Crippen LogP contribution < -0.4 is 4.90 Å². The largest absolute Gasteiger partial charge is 0.353 e. The summed E-state index contributed by atoms with van der Waals surface area (Å²) in [5.74, 6) is 1.18. The van der Waals surface area contributed by atoms with Crippen LogP contribution in [0.1, 0.15) is 42.5 Å². The van der Waals surface area contributed by atoms with Crippen LogP contribution in [0.5, 0.6) is 0 Å². The predicted molar refractivity (Wildman–Crippen MR) is 75.7 cm³/mol. The molecule has 0 amide bonds. The van der Waals surface area contributed by atoms with E-state index in [9.17, 15) is 5.26 Å². The van der Waals surface area contributed by atoms with Gasteiger partial charge in [-0.05, 0) is 26.2 Å². The lowest BCUT2D eigenvalue weighted by atomic mass is 10.2. The number of aromatic nitrogens is 3. The maximum atomic E-state index is 9.18. The zero-order chi connectivity index (χ0) is 13.7. The quantitative estimate of drug-likeness (QED) is 0.795. The molecule has 1 aliphatic carbocycles. The molecule has 1 aliphatic heterocycles. The van der Waals surface area contributed by atoms with Gasteiger partial charge in [0.2, 0.25) is 0 Å². The molecule has 0 saturated heterocycles. The molecule has 0 atom stereocenters. The Morgan fingerprint density at radius 2 is 2.15 bits per heavy atom. The van der Waals surface area contributed by atoms with Crippen molar-refractivity contribution in [1.82, 2.24) is 14.6 Å². The Morgan fingerprint density at radius 3 is 2.90 bits per heavy atom. The van der Waals surface area contributed by atoms with E-state index in [0.29, 0.717) is 17.3 Å². The summed E-state index contributed by atoms with van der Waals surface area (Å²) < 4.78 is 1.88. The zero-order valence-electron chi connectivity index (χ0n) is 11.6. The molecule has 2 aromatic rings. The summed E-state index contributed by atoms with van der Waals surface area (Å²) in [5.41, 5.74) is 3.62. The standard InChI is InChI=1S/C15H17N5/c1-10-13-6-7-19(12-4-2-3-5-12)15(13)20-14(18-10)11(8-16)9-17-20/h9,12H,2-7H2,1H3. The number of anilines is 1. The molecule has 0 N–H and O–H groups in total. The molecule has 0 unspecified atom stereocenters. The van der Waals surface area contributed by atoms with Crippen molar-refractivity contribution < 1.29 is 0 Å². The molecule has 4 rings (SSSR count). The molecule has 2 aliphatic rings. The van der Waals surface area contributed by atoms with E-state index in [1.165, 1.54) is 37.1 Å². The predicted octanol–water partition coefficient (Wildman–Crippen LogP) is 2.21. The minimum Gasteiger partial charge on any atom is -0.353 e. The van der Waals surface area contributed by atoms with Crippen molar-refractivity contribution in [2.45, 2.75) is 45.1 Å². The van der Waals surface area contributed by atoms with Gasteiger partial charge < -0.3 is 4.90 Å². The van der Waals surface area contributed by atoms with Crippen molar-refractivity contribution in [3.8, 4) is 6.07 Å². The molecule has 0 aromatic carbocycles. The monoisotopic (exact) mass is 267 g/mol. The Labute approximate surface area is 117 Å². The van der Waals surface area contributed by atoms with Gasteiger partial charge in [0.15, 0.2) is 5.65 Å². The minimum atomic E-state index is 0.564. The van der Waals surface area contributed by atoms with Crippen LogP contribution in [0.15, 0.2) is 6.20 Å². The maximum Gasteiger partial charge on any atom is 0.175 e. The third-order valence-corrected chi connectivity index (χ3v) is 4.69. The van der Waals surface area contributed by atoms with Crippen LogP contribution >= 0.6 is 0 Å². The Morgan fingerprint density at radius 1 is 1.35 bits per heavy atom. The maximum absolute atomic E-state index is 9.18. The first-order valence-corrected chi connectivity index (χ1v) is 7.33. The van der Waals surface area contributed by atoms with Crippen LogP contribution in [0, 0.1) is 18.3 Å². The highest BCUT2D eigenvalue weighted by atomic mass is 15.4. The first kappa shape index (κ1) is 11.7. The van der Waals surface area contributed by atoms with E-state index >= 15 is 0 Å². The SMILES string of the molecule is Cc1nc2c(C#N)cnn2c2c1CCN2C1CCCC1. The van der Waals surface area contributed by atoms with E-state index in [-0.39, 0.29) is 0 Å². The minimum absolute atomic E-state index is 0.564. The molecule has 20 heavy (non-hydrogen) atoms. The van der Waals surface area contributed by atoms with Crippen molar-refractivity contribution in [3.63, 3.8) is 0 Å². The lowest BCUT2D eigenvalue weighted by Crippen LogP contribution is -2.32. The van der Waals surface area contributed by atoms with Gasteiger partial charge in [0, 0.05) is 23.8 Å². The van der Waals surface area contributed by atoms with Crippen molar-refractivity contribution in [2.75, 3.05) is 11.4 Å². The molecule has 0 radical (unpaired) electrons. The van der Waals surface area contributed by atoms with Gasteiger partial charge in [-0.1, -0.05) is 12.8 Å². The highest BCUT2D eigenvalue weighted by molar-refractivity contribution is 5.65. The summed E-state index contributed by atoms with van der Waals surface area (Å²) in [6.45, 7) is 3.11. The summed E-state index contributed by atoms with van der Waals surface area (Å²) in [7, 11) is 0. The van der Waals surface area contributed by atoms with Crippen molar-refractivity contribution in [1.29, 1.82) is 5.26 Å². The fourth-order valence-corrected chi connectivity index (χ4v) is 3.70. The van der Waals surface area contributed by atoms with E-state index in [1.54, 1.807) is 6.20 Å². The number of hydrogen-bond donors (Lipinski definition) is 0. The molecule has 5 heteroatoms. The van der Waals surface area contributed by atoms with Crippen molar-refractivity contribution in [2.24, 2.45) is 0 Å². The number of hydrogen-bond acceptors (Lipinski definition) is 4. The number of aryl methyl sites for hydroxylation is 1. The summed E-state index contributed by atoms with van der Waals surface area (Å²) in [4.78, 5) is 7.09. The lowest BCUT2D eigenvalue weighted by Gasteiger charge is -2.26. The molecule has 102 valence electrons. The van der Waals surface area contributed by atoms with E-state index < -0.39 is 0 Å². The Bertz CT molecular complexity index is 718. The Kier molecular flexibility index (Phi) is 2.46. The summed E-state index contributed by atoms with van der Waals surface area (Å²) in [6, 6.07) is 2.82. The van der Waals surface area contributed by atoms with Gasteiger partial charge in [0.05, 0.1) is 6.20 Å². The molecule has 0 bridgehead atoms. The Hall–Kier alpha value is -2.09. The average molecular weight is 267 g/mol. The average Bonchev–Trinajstić information content (AvgIpc) is 3.16. The van der Waals surface area contributed by atoms with Crippen LogP contribution in [0.2, 0.25) is 0 Å². The highest BCUT2D eigenvalue weighted by Gasteiger charge is 2.32. The summed E-state index contributed by atoms with van der Waals surface area (Å²) >= 11 is 0. The van der Waals surface area contributed by atoms with Gasteiger partial charge >= 0.3 is 0 Å². The highest BCUT2D eigenvalue weighted by Crippen LogP contribution is 2.36. The van der Waals surface area contributed by atoms with Gasteiger partial charge in [-0.3, -0.25) is 0 Å². The Balaban J connectivity index is 1.94. The molecule has 3 heterocycles. The lowest BCUT2D eigenvalue weighted by molar-refractivity contribution is 0.614. The fourth-order valence-electron chi connectivity index (χ4n) is 3.70. The first-order chi connectivity index (χ1) is 9.79. The van der Waals surface area contributed by atoms with Crippen LogP contribution in [0.4, 0.5) is 5.82 Å². The van der Waals surface area contributed by atoms with E-state index in [2.05, 4.69) is 21.1 Å². The molecule has 0 spiro atoms. The zero-order valence-corrected chi connectivity index (χ0v) is 11.6. The third kappa shape index (κ3) is 1.48. The molecule has 2 aromatic heterocycles. The fraction of sp³-hybridized carbons (Fsp3) is 0.533. The molecule has 5 nitrogen and oxygen atoms in total. The normalized spacial score (nSPS) is 18.7. The molecule has 1 fully saturated rings. The van der Waals surface area contributed by atoms with Crippen molar-refractivity contribution >= 4 is 11.5 Å². The number of rotatable bonds is 1. The van der Waals surface area contributed by atoms with Gasteiger partial charge in [-0.25, -0.2) is 4.98 Å². The van der Waals surface area contributed by atoms with Gasteiger partial charge in [0.1, 0.15) is 17.5 Å². The third-order valence-electron chi connectivity index (χ3n) is 4.69. The smallest absolute Gasteiger partial charge is 0.175 e. The van der Waals surface area contributed by atoms with Crippen LogP contribution in [-0.4, -0.2) is 27.2 Å². The van der Waals surface area contributed by atoms with Crippen LogP contribution in [0.3, 0.4) is 0 Å². The second kappa shape index (κ2) is 4.20. The first-order valence-electron chi connectivity index (χ1n) is 7.33. The number of fused-ring (bicyclic) bond motifs is 3. The molecular formula is C15H17N5. The van der Waals surface area contributed by atoms with E-state index in [0.717, 1.165) is 18.7 Å². The number of nitriles is 1. The van der Waals surface area contributed by atoms with Gasteiger partial charge in [-0.2, -0.15) is 14.9 Å². The second-order valence-corrected chi connectivity index (χ2v) is 5.79. The van der Waals surface area contributed by atoms with Crippen LogP contribution in [-0.2, 0) is 6.42 Å². The summed E-state index contributed by atoms with van der Waals surface area (Å²) in [5, 5.41) is 13.6. The second-order valence-electron chi connectivity index (χ2n) is 5.79. The van der Waals surface area contributed by atoms with E-state index in [1.807, 2.05) is 11.4 Å². The van der Waals surface area contributed by atoms with E-state index in [4.69, 9.17) is 0 Å². The van der Waals surface area contributed by atoms with Gasteiger partial charge in [0.25, 0.3) is 0 Å². The number of nitrogens with zero attached hydrogens (tertiary/aromatic N) is 5. The molecule has 1 saturated carbocycles. The van der Waals surface area contributed by atoms with Crippen LogP contribution in [0.25, 0.3) is 5.65 Å². The topological polar surface area (TPSA) is 57.2 Å². The molecular weight excluding hydrogens is 250 g/mol. The van der Waals surface area contributed by atoms with Crippen molar-refractivity contribution in [3.05, 3.63) is 23.0 Å².